The van der Waals surface area contributed by atoms with Crippen LogP contribution in [0.2, 0.25) is 0 Å². The lowest BCUT2D eigenvalue weighted by atomic mass is 10.1. The molecule has 0 aliphatic carbocycles. The highest BCUT2D eigenvalue weighted by Gasteiger charge is 2.13. The van der Waals surface area contributed by atoms with E-state index in [0.29, 0.717) is 19.5 Å². The van der Waals surface area contributed by atoms with E-state index in [4.69, 9.17) is 6.42 Å². The first kappa shape index (κ1) is 19.0. The Bertz CT molecular complexity index is 704. The van der Waals surface area contributed by atoms with Gasteiger partial charge >= 0.3 is 17.1 Å². The molecule has 1 aromatic heterocycles. The van der Waals surface area contributed by atoms with Gasteiger partial charge in [-0.15, -0.1) is 6.42 Å². The summed E-state index contributed by atoms with van der Waals surface area (Å²) in [6.07, 6.45) is 12.2. The number of terminal acetylenes is 1. The summed E-state index contributed by atoms with van der Waals surface area (Å²) < 4.78 is 3.22. The van der Waals surface area contributed by atoms with Gasteiger partial charge in [-0.2, -0.15) is 0 Å². The van der Waals surface area contributed by atoms with Gasteiger partial charge in [0.15, 0.2) is 0 Å². The van der Waals surface area contributed by atoms with Gasteiger partial charge in [-0.25, -0.2) is 28.1 Å². The molecular weight excluding hydrogens is 294 g/mol. The van der Waals surface area contributed by atoms with Crippen LogP contribution in [0.25, 0.3) is 0 Å². The van der Waals surface area contributed by atoms with Crippen molar-refractivity contribution in [2.24, 2.45) is 0 Å². The Hall–Kier alpha value is -2.03. The van der Waals surface area contributed by atoms with Crippen LogP contribution in [0, 0.1) is 12.3 Å². The maximum Gasteiger partial charge on any atom is 0.337 e. The van der Waals surface area contributed by atoms with Crippen LogP contribution in [0.1, 0.15) is 58.8 Å². The molecule has 0 fully saturated rings. The van der Waals surface area contributed by atoms with Gasteiger partial charge in [0.1, 0.15) is 0 Å². The van der Waals surface area contributed by atoms with Crippen molar-refractivity contribution in [3.63, 3.8) is 0 Å². The zero-order valence-corrected chi connectivity index (χ0v) is 14.2. The van der Waals surface area contributed by atoms with Gasteiger partial charge < -0.3 is 0 Å². The first-order chi connectivity index (χ1) is 11.1. The highest BCUT2D eigenvalue weighted by molar-refractivity contribution is 4.88. The molecule has 23 heavy (non-hydrogen) atoms. The van der Waals surface area contributed by atoms with E-state index in [0.717, 1.165) is 33.0 Å². The third-order valence-electron chi connectivity index (χ3n) is 3.82. The van der Waals surface area contributed by atoms with Crippen LogP contribution in [0.4, 0.5) is 0 Å². The van der Waals surface area contributed by atoms with E-state index in [2.05, 4.69) is 12.8 Å². The summed E-state index contributed by atoms with van der Waals surface area (Å²) >= 11 is 0. The minimum absolute atomic E-state index is 0.113. The Morgan fingerprint density at radius 3 is 1.83 bits per heavy atom. The van der Waals surface area contributed by atoms with Gasteiger partial charge in [0.05, 0.1) is 6.54 Å². The Kier molecular flexibility index (Phi) is 8.17. The Morgan fingerprint density at radius 2 is 1.26 bits per heavy atom. The van der Waals surface area contributed by atoms with E-state index >= 15 is 0 Å². The van der Waals surface area contributed by atoms with E-state index in [9.17, 15) is 14.4 Å². The predicted molar refractivity (Wildman–Crippen MR) is 91.7 cm³/mol. The van der Waals surface area contributed by atoms with Gasteiger partial charge in [0.25, 0.3) is 0 Å². The van der Waals surface area contributed by atoms with Gasteiger partial charge in [-0.3, -0.25) is 0 Å². The van der Waals surface area contributed by atoms with Crippen molar-refractivity contribution in [3.8, 4) is 12.3 Å². The van der Waals surface area contributed by atoms with Crippen molar-refractivity contribution >= 4 is 0 Å². The largest absolute Gasteiger partial charge is 0.337 e. The van der Waals surface area contributed by atoms with Crippen LogP contribution >= 0.6 is 0 Å². The molecule has 6 nitrogen and oxygen atoms in total. The molecule has 0 spiro atoms. The minimum atomic E-state index is -0.612. The van der Waals surface area contributed by atoms with Crippen LogP contribution in [0.15, 0.2) is 14.4 Å². The lowest BCUT2D eigenvalue weighted by Gasteiger charge is -2.12. The summed E-state index contributed by atoms with van der Waals surface area (Å²) in [6, 6.07) is 0. The fourth-order valence-corrected chi connectivity index (χ4v) is 2.57. The molecule has 0 aliphatic rings. The Morgan fingerprint density at radius 1 is 0.739 bits per heavy atom. The molecule has 1 heterocycles. The summed E-state index contributed by atoms with van der Waals surface area (Å²) in [7, 11) is 0. The van der Waals surface area contributed by atoms with Crippen molar-refractivity contribution in [2.75, 3.05) is 0 Å². The number of aromatic nitrogens is 3. The Labute approximate surface area is 136 Å². The lowest BCUT2D eigenvalue weighted by molar-refractivity contribution is 0.443. The molecule has 128 valence electrons. The smallest absolute Gasteiger partial charge is 0.247 e. The third kappa shape index (κ3) is 4.98. The van der Waals surface area contributed by atoms with Gasteiger partial charge in [-0.05, 0) is 12.8 Å². The quantitative estimate of drug-likeness (QED) is 0.485. The highest BCUT2D eigenvalue weighted by atomic mass is 16.2. The average Bonchev–Trinajstić information content (AvgIpc) is 2.54. The second-order valence-electron chi connectivity index (χ2n) is 5.71. The molecule has 0 aliphatic heterocycles. The molecule has 0 bridgehead atoms. The molecule has 6 heteroatoms. The monoisotopic (exact) mass is 321 g/mol. The fourth-order valence-electron chi connectivity index (χ4n) is 2.57. The van der Waals surface area contributed by atoms with Crippen LogP contribution in [0.5, 0.6) is 0 Å². The lowest BCUT2D eigenvalue weighted by Crippen LogP contribution is -2.54. The third-order valence-corrected chi connectivity index (χ3v) is 3.82. The SMILES string of the molecule is C#CCn1c(=O)n(CCC)c(=O)n(CCCCCCCC)c1=O. The Balaban J connectivity index is 3.02. The topological polar surface area (TPSA) is 66.0 Å². The minimum Gasteiger partial charge on any atom is -0.247 e. The summed E-state index contributed by atoms with van der Waals surface area (Å²) in [6.45, 7) is 4.54. The van der Waals surface area contributed by atoms with E-state index < -0.39 is 17.1 Å². The first-order valence-electron chi connectivity index (χ1n) is 8.46. The molecule has 1 aromatic rings. The number of unbranched alkanes of at least 4 members (excludes halogenated alkanes) is 5. The van der Waals surface area contributed by atoms with E-state index in [1.165, 1.54) is 19.3 Å². The number of hydrogen-bond donors (Lipinski definition) is 0. The van der Waals surface area contributed by atoms with Crippen molar-refractivity contribution in [1.82, 2.24) is 13.7 Å². The van der Waals surface area contributed by atoms with E-state index in [1.54, 1.807) is 0 Å². The van der Waals surface area contributed by atoms with Crippen LogP contribution in [-0.4, -0.2) is 13.7 Å². The summed E-state index contributed by atoms with van der Waals surface area (Å²) in [5, 5.41) is 0. The standard InChI is InChI=1S/C17H27N3O3/c1-4-7-8-9-10-11-14-20-16(22)18(12-5-2)15(21)19(13-6-3)17(20)23/h2H,4,6-14H2,1,3H3. The fraction of sp³-hybridized carbons (Fsp3) is 0.706. The zero-order valence-electron chi connectivity index (χ0n) is 14.2. The van der Waals surface area contributed by atoms with Crippen LogP contribution in [-0.2, 0) is 19.6 Å². The van der Waals surface area contributed by atoms with Crippen molar-refractivity contribution < 1.29 is 0 Å². The van der Waals surface area contributed by atoms with Gasteiger partial charge in [0, 0.05) is 13.1 Å². The highest BCUT2D eigenvalue weighted by Crippen LogP contribution is 2.05. The van der Waals surface area contributed by atoms with Crippen molar-refractivity contribution in [2.45, 2.75) is 78.4 Å². The molecule has 0 saturated heterocycles. The van der Waals surface area contributed by atoms with Crippen molar-refractivity contribution in [3.05, 3.63) is 31.5 Å². The molecule has 0 saturated carbocycles. The summed E-state index contributed by atoms with van der Waals surface area (Å²) in [4.78, 5) is 36.9. The molecule has 0 radical (unpaired) electrons. The zero-order chi connectivity index (χ0) is 17.2. The molecule has 1 rings (SSSR count). The van der Waals surface area contributed by atoms with Gasteiger partial charge in [-0.1, -0.05) is 51.9 Å². The maximum absolute atomic E-state index is 12.4. The molecule has 0 N–H and O–H groups in total. The molecule has 0 amide bonds. The van der Waals surface area contributed by atoms with E-state index in [-0.39, 0.29) is 6.54 Å². The maximum atomic E-state index is 12.4. The summed E-state index contributed by atoms with van der Waals surface area (Å²) in [5.41, 5.74) is -1.73. The van der Waals surface area contributed by atoms with Crippen LogP contribution in [0.3, 0.4) is 0 Å². The predicted octanol–water partition coefficient (Wildman–Crippen LogP) is 1.58. The molecule has 0 unspecified atom stereocenters. The van der Waals surface area contributed by atoms with Crippen molar-refractivity contribution in [1.29, 1.82) is 0 Å². The van der Waals surface area contributed by atoms with Gasteiger partial charge in [0.2, 0.25) is 0 Å². The molecule has 0 aromatic carbocycles. The van der Waals surface area contributed by atoms with E-state index in [1.807, 2.05) is 6.92 Å². The van der Waals surface area contributed by atoms with Crippen LogP contribution < -0.4 is 17.1 Å². The first-order valence-corrected chi connectivity index (χ1v) is 8.46. The normalized spacial score (nSPS) is 10.7. The second kappa shape index (κ2) is 9.88. The number of hydrogen-bond acceptors (Lipinski definition) is 3. The molecular formula is C17H27N3O3. The summed E-state index contributed by atoms with van der Waals surface area (Å²) in [5.74, 6) is 2.31. The average molecular weight is 321 g/mol. The number of rotatable bonds is 10. The number of nitrogens with zero attached hydrogens (tertiary/aromatic N) is 3. The molecule has 0 atom stereocenters. The second-order valence-corrected chi connectivity index (χ2v) is 5.71.